The molecule has 7 nitrogen and oxygen atoms in total. The first-order valence-electron chi connectivity index (χ1n) is 9.80. The van der Waals surface area contributed by atoms with Gasteiger partial charge in [0.05, 0.1) is 12.3 Å². The first kappa shape index (κ1) is 21.7. The number of carbonyl (C=O) groups excluding carboxylic acids is 3. The summed E-state index contributed by atoms with van der Waals surface area (Å²) in [6, 6.07) is 4.02. The zero-order valence-electron chi connectivity index (χ0n) is 17.5. The summed E-state index contributed by atoms with van der Waals surface area (Å²) in [4.78, 5) is 39.8. The fraction of sp³-hybridized carbons (Fsp3) is 0.571. The van der Waals surface area contributed by atoms with Gasteiger partial charge in [0.2, 0.25) is 11.8 Å². The van der Waals surface area contributed by atoms with Crippen LogP contribution in [0.4, 0.5) is 10.5 Å². The van der Waals surface area contributed by atoms with Crippen LogP contribution in [0.15, 0.2) is 12.1 Å². The summed E-state index contributed by atoms with van der Waals surface area (Å²) in [7, 11) is 0. The van der Waals surface area contributed by atoms with Crippen LogP contribution in [0.25, 0.3) is 0 Å². The third-order valence-corrected chi connectivity index (χ3v) is 4.97. The molecule has 0 aliphatic carbocycles. The molecule has 28 heavy (non-hydrogen) atoms. The quantitative estimate of drug-likeness (QED) is 0.840. The smallest absolute Gasteiger partial charge is 0.409 e. The van der Waals surface area contributed by atoms with Crippen molar-refractivity contribution in [1.82, 2.24) is 10.2 Å². The largest absolute Gasteiger partial charge is 0.450 e. The van der Waals surface area contributed by atoms with Gasteiger partial charge in [-0.3, -0.25) is 9.59 Å². The van der Waals surface area contributed by atoms with Gasteiger partial charge in [0.25, 0.3) is 0 Å². The van der Waals surface area contributed by atoms with Gasteiger partial charge in [-0.2, -0.15) is 0 Å². The van der Waals surface area contributed by atoms with Gasteiger partial charge >= 0.3 is 6.09 Å². The Bertz CT molecular complexity index is 716. The number of rotatable bonds is 5. The van der Waals surface area contributed by atoms with Crippen molar-refractivity contribution >= 4 is 23.6 Å². The Hall–Kier alpha value is -2.57. The molecule has 1 aromatic rings. The van der Waals surface area contributed by atoms with Gasteiger partial charge in [0, 0.05) is 26.1 Å². The molecule has 1 saturated heterocycles. The number of nitrogens with one attached hydrogen (secondary N) is 1. The lowest BCUT2D eigenvalue weighted by Gasteiger charge is -2.32. The van der Waals surface area contributed by atoms with Crippen LogP contribution >= 0.6 is 0 Å². The summed E-state index contributed by atoms with van der Waals surface area (Å²) >= 11 is 0. The summed E-state index contributed by atoms with van der Waals surface area (Å²) in [5.41, 5.74) is 3.87. The van der Waals surface area contributed by atoms with Crippen molar-refractivity contribution in [3.8, 4) is 0 Å². The molecule has 0 aromatic heterocycles. The molecule has 0 radical (unpaired) electrons. The average Bonchev–Trinajstić information content (AvgIpc) is 2.60. The number of nitrogens with zero attached hydrogens (tertiary/aromatic N) is 2. The molecule has 0 unspecified atom stereocenters. The lowest BCUT2D eigenvalue weighted by atomic mass is 10.0. The third-order valence-electron chi connectivity index (χ3n) is 4.97. The molecular formula is C21H31N3O4. The summed E-state index contributed by atoms with van der Waals surface area (Å²) in [5, 5.41) is 3.00. The average molecular weight is 389 g/mol. The van der Waals surface area contributed by atoms with Crippen LogP contribution in [-0.2, 0) is 14.3 Å². The highest BCUT2D eigenvalue weighted by Gasteiger charge is 2.26. The molecule has 2 rings (SSSR count). The SMILES string of the molecule is CCOC(=O)N1CCC(NC(=O)CN(C(C)=O)c2c(C)cc(C)cc2C)CC1. The number of aryl methyl sites for hydroxylation is 3. The van der Waals surface area contributed by atoms with Crippen molar-refractivity contribution in [2.75, 3.05) is 31.1 Å². The molecule has 1 N–H and O–H groups in total. The second-order valence-electron chi connectivity index (χ2n) is 7.38. The predicted molar refractivity (Wildman–Crippen MR) is 108 cm³/mol. The van der Waals surface area contributed by atoms with E-state index < -0.39 is 0 Å². The minimum atomic E-state index is -0.305. The summed E-state index contributed by atoms with van der Waals surface area (Å²) in [6.45, 7) is 10.6. The highest BCUT2D eigenvalue weighted by molar-refractivity contribution is 5.98. The van der Waals surface area contributed by atoms with E-state index in [4.69, 9.17) is 4.74 Å². The van der Waals surface area contributed by atoms with Gasteiger partial charge in [-0.05, 0) is 51.7 Å². The summed E-state index contributed by atoms with van der Waals surface area (Å²) in [5.74, 6) is -0.355. The van der Waals surface area contributed by atoms with Gasteiger partial charge in [-0.15, -0.1) is 0 Å². The Balaban J connectivity index is 1.98. The van der Waals surface area contributed by atoms with Crippen LogP contribution < -0.4 is 10.2 Å². The van der Waals surface area contributed by atoms with E-state index in [2.05, 4.69) is 5.32 Å². The number of piperidine rings is 1. The molecule has 0 spiro atoms. The van der Waals surface area contributed by atoms with Crippen LogP contribution in [0.2, 0.25) is 0 Å². The molecule has 1 aliphatic heterocycles. The first-order chi connectivity index (χ1) is 13.2. The Morgan fingerprint density at radius 1 is 1.14 bits per heavy atom. The minimum absolute atomic E-state index is 0.00723. The third kappa shape index (κ3) is 5.47. The second kappa shape index (κ2) is 9.57. The maximum atomic E-state index is 12.6. The zero-order chi connectivity index (χ0) is 20.8. The maximum absolute atomic E-state index is 12.6. The summed E-state index contributed by atoms with van der Waals surface area (Å²) < 4.78 is 5.01. The molecule has 1 aromatic carbocycles. The van der Waals surface area contributed by atoms with E-state index in [-0.39, 0.29) is 30.5 Å². The predicted octanol–water partition coefficient (Wildman–Crippen LogP) is 2.70. The molecule has 154 valence electrons. The number of hydrogen-bond acceptors (Lipinski definition) is 4. The Labute approximate surface area is 167 Å². The van der Waals surface area contributed by atoms with E-state index >= 15 is 0 Å². The van der Waals surface area contributed by atoms with E-state index in [1.54, 1.807) is 11.8 Å². The highest BCUT2D eigenvalue weighted by atomic mass is 16.6. The summed E-state index contributed by atoms with van der Waals surface area (Å²) in [6.07, 6.45) is 1.04. The van der Waals surface area contributed by atoms with E-state index in [0.29, 0.717) is 32.5 Å². The molecule has 3 amide bonds. The number of ether oxygens (including phenoxy) is 1. The first-order valence-corrected chi connectivity index (χ1v) is 9.80. The zero-order valence-corrected chi connectivity index (χ0v) is 17.5. The van der Waals surface area contributed by atoms with Crippen LogP contribution in [-0.4, -0.2) is 55.1 Å². The number of amides is 3. The maximum Gasteiger partial charge on any atom is 0.409 e. The van der Waals surface area contributed by atoms with Crippen LogP contribution in [0.5, 0.6) is 0 Å². The highest BCUT2D eigenvalue weighted by Crippen LogP contribution is 2.26. The fourth-order valence-corrected chi connectivity index (χ4v) is 3.78. The number of anilines is 1. The van der Waals surface area contributed by atoms with Crippen molar-refractivity contribution in [2.24, 2.45) is 0 Å². The molecule has 0 atom stereocenters. The van der Waals surface area contributed by atoms with Crippen molar-refractivity contribution < 1.29 is 19.1 Å². The van der Waals surface area contributed by atoms with Crippen LogP contribution in [0, 0.1) is 20.8 Å². The normalized spacial score (nSPS) is 14.5. The van der Waals surface area contributed by atoms with Gasteiger partial charge in [0.15, 0.2) is 0 Å². The van der Waals surface area contributed by atoms with Gasteiger partial charge in [-0.25, -0.2) is 4.79 Å². The number of carbonyl (C=O) groups is 3. The monoisotopic (exact) mass is 389 g/mol. The number of benzene rings is 1. The topological polar surface area (TPSA) is 79.0 Å². The number of hydrogen-bond donors (Lipinski definition) is 1. The molecule has 7 heteroatoms. The van der Waals surface area contributed by atoms with Crippen LogP contribution in [0.1, 0.15) is 43.4 Å². The molecule has 0 saturated carbocycles. The Kier molecular flexibility index (Phi) is 7.43. The van der Waals surface area contributed by atoms with E-state index in [0.717, 1.165) is 22.4 Å². The fourth-order valence-electron chi connectivity index (χ4n) is 3.78. The minimum Gasteiger partial charge on any atom is -0.450 e. The van der Waals surface area contributed by atoms with Gasteiger partial charge in [0.1, 0.15) is 6.54 Å². The standard InChI is InChI=1S/C21H31N3O4/c1-6-28-21(27)23-9-7-18(8-10-23)22-19(26)13-24(17(5)25)20-15(3)11-14(2)12-16(20)4/h11-12,18H,6-10,13H2,1-5H3,(H,22,26). The van der Waals surface area contributed by atoms with Crippen molar-refractivity contribution in [1.29, 1.82) is 0 Å². The van der Waals surface area contributed by atoms with Crippen molar-refractivity contribution in [3.05, 3.63) is 28.8 Å². The van der Waals surface area contributed by atoms with Crippen LogP contribution in [0.3, 0.4) is 0 Å². The molecule has 1 heterocycles. The Morgan fingerprint density at radius 2 is 1.71 bits per heavy atom. The van der Waals surface area contributed by atoms with Gasteiger partial charge < -0.3 is 19.9 Å². The van der Waals surface area contributed by atoms with E-state index in [9.17, 15) is 14.4 Å². The lowest BCUT2D eigenvalue weighted by Crippen LogP contribution is -2.49. The van der Waals surface area contributed by atoms with Crippen molar-refractivity contribution in [3.63, 3.8) is 0 Å². The van der Waals surface area contributed by atoms with E-state index in [1.807, 2.05) is 32.9 Å². The van der Waals surface area contributed by atoms with Gasteiger partial charge in [-0.1, -0.05) is 17.7 Å². The second-order valence-corrected chi connectivity index (χ2v) is 7.38. The van der Waals surface area contributed by atoms with Crippen molar-refractivity contribution in [2.45, 2.75) is 53.5 Å². The number of likely N-dealkylation sites (tertiary alicyclic amines) is 1. The Morgan fingerprint density at radius 3 is 2.21 bits per heavy atom. The molecule has 0 bridgehead atoms. The van der Waals surface area contributed by atoms with E-state index in [1.165, 1.54) is 11.8 Å². The molecule has 1 fully saturated rings. The molecule has 1 aliphatic rings. The molecular weight excluding hydrogens is 358 g/mol. The lowest BCUT2D eigenvalue weighted by molar-refractivity contribution is -0.123.